The van der Waals surface area contributed by atoms with Gasteiger partial charge in [-0.3, -0.25) is 4.79 Å². The van der Waals surface area contributed by atoms with Gasteiger partial charge >= 0.3 is 7.80 Å². The van der Waals surface area contributed by atoms with E-state index in [-0.39, 0.29) is 5.78 Å². The zero-order chi connectivity index (χ0) is 22.7. The van der Waals surface area contributed by atoms with E-state index >= 15 is 0 Å². The number of unbranched alkanes of at least 4 members (excludes halogenated alkanes) is 9. The fourth-order valence-electron chi connectivity index (χ4n) is 5.45. The minimum Gasteiger partial charge on any atom is -0.289 e. The largest absolute Gasteiger partial charge is 0.353 e. The predicted molar refractivity (Wildman–Crippen MR) is 135 cm³/mol. The first kappa shape index (κ1) is 26.2. The Bertz CT molecular complexity index is 693. The molecule has 1 aliphatic carbocycles. The third-order valence-electron chi connectivity index (χ3n) is 7.20. The van der Waals surface area contributed by atoms with Crippen molar-refractivity contribution in [3.63, 3.8) is 0 Å². The van der Waals surface area contributed by atoms with E-state index in [0.717, 1.165) is 61.4 Å². The van der Waals surface area contributed by atoms with Crippen molar-refractivity contribution >= 4 is 13.6 Å². The van der Waals surface area contributed by atoms with Crippen LogP contribution in [0.15, 0.2) is 12.1 Å². The van der Waals surface area contributed by atoms with E-state index in [2.05, 4.69) is 26.0 Å². The van der Waals surface area contributed by atoms with Gasteiger partial charge in [0.2, 0.25) is 10.9 Å². The first-order valence-electron chi connectivity index (χ1n) is 13.0. The Kier molecular flexibility index (Phi) is 11.4. The van der Waals surface area contributed by atoms with E-state index in [0.29, 0.717) is 0 Å². The van der Waals surface area contributed by atoms with Crippen LogP contribution in [0, 0.1) is 20.8 Å². The molecule has 1 atom stereocenters. The average molecular weight is 446 g/mol. The highest BCUT2D eigenvalue weighted by Gasteiger charge is 2.55. The molecule has 2 rings (SSSR count). The number of benzene rings is 1. The standard InChI is InChI=1S/C28H46O2P/c1-5-6-7-8-9-10-11-12-13-17-20-31(30)28(18-15-14-16-19-28)27(29)26-24(3)21-23(2)22-25(26)4/h21-22H,5-20H2,1-4H3/q+1. The van der Waals surface area contributed by atoms with Gasteiger partial charge in [0.05, 0.1) is 0 Å². The van der Waals surface area contributed by atoms with Gasteiger partial charge in [0.15, 0.2) is 0 Å². The Morgan fingerprint density at radius 3 is 1.81 bits per heavy atom. The Morgan fingerprint density at radius 1 is 0.806 bits per heavy atom. The van der Waals surface area contributed by atoms with Crippen molar-refractivity contribution in [3.05, 3.63) is 34.4 Å². The van der Waals surface area contributed by atoms with Gasteiger partial charge in [-0.1, -0.05) is 87.0 Å². The van der Waals surface area contributed by atoms with Crippen LogP contribution in [0.5, 0.6) is 0 Å². The molecule has 2 nitrogen and oxygen atoms in total. The van der Waals surface area contributed by atoms with Crippen LogP contribution < -0.4 is 0 Å². The monoisotopic (exact) mass is 445 g/mol. The van der Waals surface area contributed by atoms with Crippen molar-refractivity contribution in [3.8, 4) is 0 Å². The topological polar surface area (TPSA) is 34.1 Å². The zero-order valence-electron chi connectivity index (χ0n) is 20.7. The zero-order valence-corrected chi connectivity index (χ0v) is 21.6. The van der Waals surface area contributed by atoms with E-state index in [9.17, 15) is 9.36 Å². The maximum atomic E-state index is 13.8. The molecule has 0 saturated heterocycles. The summed E-state index contributed by atoms with van der Waals surface area (Å²) >= 11 is 0. The Hall–Kier alpha value is -1.01. The fraction of sp³-hybridized carbons (Fsp3) is 0.750. The lowest BCUT2D eigenvalue weighted by Gasteiger charge is -2.28. The molecule has 0 N–H and O–H groups in total. The third-order valence-corrected chi connectivity index (χ3v) is 9.53. The molecule has 0 spiro atoms. The van der Waals surface area contributed by atoms with Crippen molar-refractivity contribution in [2.45, 2.75) is 129 Å². The Labute approximate surface area is 192 Å². The molecule has 1 aromatic carbocycles. The number of carbonyl (C=O) groups excluding carboxylic acids is 1. The molecular weight excluding hydrogens is 399 g/mol. The molecule has 0 bridgehead atoms. The highest BCUT2D eigenvalue weighted by Crippen LogP contribution is 2.52. The van der Waals surface area contributed by atoms with Crippen molar-refractivity contribution in [2.75, 3.05) is 6.16 Å². The first-order valence-corrected chi connectivity index (χ1v) is 14.4. The molecule has 0 heterocycles. The van der Waals surface area contributed by atoms with Crippen molar-refractivity contribution < 1.29 is 9.36 Å². The van der Waals surface area contributed by atoms with Crippen LogP contribution in [0.25, 0.3) is 0 Å². The second kappa shape index (κ2) is 13.5. The highest BCUT2D eigenvalue weighted by atomic mass is 31.1. The quantitative estimate of drug-likeness (QED) is 0.162. The van der Waals surface area contributed by atoms with Crippen LogP contribution in [0.1, 0.15) is 130 Å². The van der Waals surface area contributed by atoms with Crippen LogP contribution >= 0.6 is 7.80 Å². The highest BCUT2D eigenvalue weighted by molar-refractivity contribution is 7.48. The van der Waals surface area contributed by atoms with E-state index in [1.54, 1.807) is 0 Å². The van der Waals surface area contributed by atoms with Gasteiger partial charge in [0, 0.05) is 18.4 Å². The lowest BCUT2D eigenvalue weighted by atomic mass is 9.80. The lowest BCUT2D eigenvalue weighted by Crippen LogP contribution is -2.38. The fourth-order valence-corrected chi connectivity index (χ4v) is 7.55. The second-order valence-corrected chi connectivity index (χ2v) is 12.0. The van der Waals surface area contributed by atoms with Crippen LogP contribution in [-0.4, -0.2) is 17.1 Å². The molecule has 3 heteroatoms. The predicted octanol–water partition coefficient (Wildman–Crippen LogP) is 9.25. The Balaban J connectivity index is 1.90. The smallest absolute Gasteiger partial charge is 0.289 e. The average Bonchev–Trinajstić information content (AvgIpc) is 2.74. The van der Waals surface area contributed by atoms with E-state index in [1.807, 2.05) is 13.8 Å². The van der Waals surface area contributed by atoms with Crippen LogP contribution in [0.3, 0.4) is 0 Å². The van der Waals surface area contributed by atoms with Gasteiger partial charge < -0.3 is 0 Å². The summed E-state index contributed by atoms with van der Waals surface area (Å²) in [6.07, 6.45) is 18.4. The number of Topliss-reactive ketones (excluding diaryl/α,β-unsaturated/α-hetero) is 1. The van der Waals surface area contributed by atoms with Gasteiger partial charge in [-0.05, 0) is 57.6 Å². The number of ketones is 1. The van der Waals surface area contributed by atoms with Crippen molar-refractivity contribution in [1.82, 2.24) is 0 Å². The molecule has 1 fully saturated rings. The SMILES string of the molecule is CCCCCCCCCCCC[P+](=O)C1(C(=O)c2c(C)cc(C)cc2C)CCCCC1. The third kappa shape index (κ3) is 7.52. The number of aryl methyl sites for hydroxylation is 3. The molecule has 0 aromatic heterocycles. The summed E-state index contributed by atoms with van der Waals surface area (Å²) in [6.45, 7) is 8.42. The summed E-state index contributed by atoms with van der Waals surface area (Å²) in [6, 6.07) is 4.21. The second-order valence-electron chi connectivity index (χ2n) is 9.98. The normalized spacial score (nSPS) is 16.3. The summed E-state index contributed by atoms with van der Waals surface area (Å²) in [5, 5.41) is -0.613. The van der Waals surface area contributed by atoms with Crippen LogP contribution in [0.2, 0.25) is 0 Å². The number of hydrogen-bond donors (Lipinski definition) is 0. The molecule has 174 valence electrons. The van der Waals surface area contributed by atoms with Gasteiger partial charge in [-0.15, -0.1) is 0 Å². The number of carbonyl (C=O) groups is 1. The molecule has 0 aliphatic heterocycles. The van der Waals surface area contributed by atoms with E-state index in [4.69, 9.17) is 0 Å². The molecule has 1 aliphatic rings. The van der Waals surface area contributed by atoms with E-state index in [1.165, 1.54) is 63.4 Å². The molecule has 31 heavy (non-hydrogen) atoms. The maximum Gasteiger partial charge on any atom is 0.353 e. The molecule has 0 radical (unpaired) electrons. The number of rotatable bonds is 14. The first-order chi connectivity index (χ1) is 14.9. The molecule has 0 amide bonds. The molecular formula is C28H46O2P+. The van der Waals surface area contributed by atoms with Crippen LogP contribution in [-0.2, 0) is 4.57 Å². The molecule has 1 aromatic rings. The summed E-state index contributed by atoms with van der Waals surface area (Å²) in [5.41, 5.74) is 4.14. The van der Waals surface area contributed by atoms with Gasteiger partial charge in [0.25, 0.3) is 0 Å². The number of hydrogen-bond acceptors (Lipinski definition) is 2. The Morgan fingerprint density at radius 2 is 1.29 bits per heavy atom. The van der Waals surface area contributed by atoms with Gasteiger partial charge in [0.1, 0.15) is 6.16 Å². The summed E-state index contributed by atoms with van der Waals surface area (Å²) in [5.74, 6) is 0.176. The van der Waals surface area contributed by atoms with E-state index < -0.39 is 13.0 Å². The minimum absolute atomic E-state index is 0.176. The van der Waals surface area contributed by atoms with Crippen LogP contribution in [0.4, 0.5) is 0 Å². The molecule has 1 unspecified atom stereocenters. The maximum absolute atomic E-state index is 13.8. The van der Waals surface area contributed by atoms with Gasteiger partial charge in [-0.25, -0.2) is 0 Å². The van der Waals surface area contributed by atoms with Gasteiger partial charge in [-0.2, -0.15) is 0 Å². The lowest BCUT2D eigenvalue weighted by molar-refractivity contribution is 0.0911. The summed E-state index contributed by atoms with van der Waals surface area (Å²) < 4.78 is 13.6. The van der Waals surface area contributed by atoms with Crippen molar-refractivity contribution in [2.24, 2.45) is 0 Å². The summed E-state index contributed by atoms with van der Waals surface area (Å²) in [7, 11) is -1.51. The minimum atomic E-state index is -1.51. The van der Waals surface area contributed by atoms with Crippen molar-refractivity contribution in [1.29, 1.82) is 0 Å². The molecule has 1 saturated carbocycles. The summed E-state index contributed by atoms with van der Waals surface area (Å²) in [4.78, 5) is 13.8.